The smallest absolute Gasteiger partial charge is 0.259 e. The first kappa shape index (κ1) is 15.9. The number of nitrogens with zero attached hydrogens (tertiary/aromatic N) is 3. The number of benzene rings is 1. The van der Waals surface area contributed by atoms with Crippen LogP contribution in [0.5, 0.6) is 0 Å². The van der Waals surface area contributed by atoms with Gasteiger partial charge in [-0.3, -0.25) is 14.8 Å². The molecule has 0 radical (unpaired) electrons. The van der Waals surface area contributed by atoms with Crippen LogP contribution in [0, 0.1) is 13.8 Å². The fourth-order valence-corrected chi connectivity index (χ4v) is 4.29. The van der Waals surface area contributed by atoms with E-state index in [4.69, 9.17) is 17.3 Å². The zero-order chi connectivity index (χ0) is 17.7. The van der Waals surface area contributed by atoms with Crippen molar-refractivity contribution in [2.75, 3.05) is 0 Å². The summed E-state index contributed by atoms with van der Waals surface area (Å²) in [5, 5.41) is 1.46. The van der Waals surface area contributed by atoms with Gasteiger partial charge in [-0.15, -0.1) is 11.3 Å². The van der Waals surface area contributed by atoms with Gasteiger partial charge in [-0.25, -0.2) is 4.98 Å². The summed E-state index contributed by atoms with van der Waals surface area (Å²) in [5.41, 5.74) is 10.4. The van der Waals surface area contributed by atoms with E-state index in [1.807, 2.05) is 32.0 Å². The van der Waals surface area contributed by atoms with Gasteiger partial charge in [0, 0.05) is 23.3 Å². The first-order valence-electron chi connectivity index (χ1n) is 7.57. The number of pyridine rings is 1. The molecule has 4 rings (SSSR count). The van der Waals surface area contributed by atoms with Crippen LogP contribution in [0.25, 0.3) is 32.4 Å². The van der Waals surface area contributed by atoms with Crippen LogP contribution in [0.1, 0.15) is 20.9 Å². The second-order valence-electron chi connectivity index (χ2n) is 5.75. The third-order valence-corrected chi connectivity index (χ3v) is 5.82. The average Bonchev–Trinajstić information content (AvgIpc) is 2.99. The maximum Gasteiger partial charge on any atom is 0.259 e. The molecule has 25 heavy (non-hydrogen) atoms. The van der Waals surface area contributed by atoms with Gasteiger partial charge in [-0.1, -0.05) is 17.7 Å². The fraction of sp³-hybridized carbons (Fsp3) is 0.111. The van der Waals surface area contributed by atoms with E-state index >= 15 is 0 Å². The monoisotopic (exact) mass is 368 g/mol. The maximum atomic E-state index is 12.1. The Bertz CT molecular complexity index is 1170. The van der Waals surface area contributed by atoms with E-state index in [0.29, 0.717) is 9.90 Å². The number of primary amides is 1. The zero-order valence-corrected chi connectivity index (χ0v) is 15.1. The lowest BCUT2D eigenvalue weighted by Crippen LogP contribution is -2.10. The van der Waals surface area contributed by atoms with Gasteiger partial charge in [0.1, 0.15) is 9.71 Å². The van der Waals surface area contributed by atoms with Gasteiger partial charge in [-0.2, -0.15) is 0 Å². The molecular weight excluding hydrogens is 356 g/mol. The highest BCUT2D eigenvalue weighted by Gasteiger charge is 2.22. The summed E-state index contributed by atoms with van der Waals surface area (Å²) in [6.07, 6.45) is 3.29. The average molecular weight is 369 g/mol. The van der Waals surface area contributed by atoms with Crippen LogP contribution in [0.2, 0.25) is 5.02 Å². The van der Waals surface area contributed by atoms with Crippen LogP contribution in [0.15, 0.2) is 30.6 Å². The van der Waals surface area contributed by atoms with E-state index in [1.165, 1.54) is 11.3 Å². The predicted molar refractivity (Wildman–Crippen MR) is 101 cm³/mol. The molecule has 2 N–H and O–H groups in total. The predicted octanol–water partition coefficient (Wildman–Crippen LogP) is 4.28. The molecule has 4 aromatic rings. The zero-order valence-electron chi connectivity index (χ0n) is 13.5. The normalized spacial score (nSPS) is 11.3. The van der Waals surface area contributed by atoms with E-state index in [-0.39, 0.29) is 0 Å². The molecule has 0 unspecified atom stereocenters. The highest BCUT2D eigenvalue weighted by Crippen LogP contribution is 2.42. The van der Waals surface area contributed by atoms with Crippen LogP contribution in [0.4, 0.5) is 0 Å². The number of hydrogen-bond acceptors (Lipinski definition) is 5. The molecule has 7 heteroatoms. The van der Waals surface area contributed by atoms with Crippen molar-refractivity contribution in [3.05, 3.63) is 51.7 Å². The maximum absolute atomic E-state index is 12.1. The van der Waals surface area contributed by atoms with Crippen molar-refractivity contribution >= 4 is 50.1 Å². The molecule has 0 aliphatic heterocycles. The number of carbonyl (C=O) groups is 1. The Kier molecular flexibility index (Phi) is 3.67. The lowest BCUT2D eigenvalue weighted by Gasteiger charge is -2.08. The van der Waals surface area contributed by atoms with Crippen LogP contribution in [-0.4, -0.2) is 20.9 Å². The van der Waals surface area contributed by atoms with Gasteiger partial charge in [0.25, 0.3) is 5.91 Å². The minimum absolute atomic E-state index is 0.468. The van der Waals surface area contributed by atoms with Gasteiger partial charge < -0.3 is 5.73 Å². The summed E-state index contributed by atoms with van der Waals surface area (Å²) < 4.78 is 0. The SMILES string of the molecule is Cc1nc2sc(C(N)=O)c(-c3ccc4nccnc4c3)c2c(C)c1Cl. The van der Waals surface area contributed by atoms with Gasteiger partial charge in [0.05, 0.1) is 21.7 Å². The summed E-state index contributed by atoms with van der Waals surface area (Å²) >= 11 is 7.69. The van der Waals surface area contributed by atoms with Gasteiger partial charge in [0.15, 0.2) is 0 Å². The van der Waals surface area contributed by atoms with Crippen molar-refractivity contribution in [2.45, 2.75) is 13.8 Å². The molecule has 0 aliphatic rings. The number of hydrogen-bond donors (Lipinski definition) is 1. The number of nitrogens with two attached hydrogens (primary N) is 1. The van der Waals surface area contributed by atoms with E-state index in [1.54, 1.807) is 12.4 Å². The number of carbonyl (C=O) groups excluding carboxylic acids is 1. The third-order valence-electron chi connectivity index (χ3n) is 4.16. The summed E-state index contributed by atoms with van der Waals surface area (Å²) in [7, 11) is 0. The first-order chi connectivity index (χ1) is 12.0. The fourth-order valence-electron chi connectivity index (χ4n) is 3.00. The number of aromatic nitrogens is 3. The molecule has 124 valence electrons. The van der Waals surface area contributed by atoms with Crippen LogP contribution in [-0.2, 0) is 0 Å². The molecule has 0 bridgehead atoms. The molecule has 1 aromatic carbocycles. The quantitative estimate of drug-likeness (QED) is 0.572. The Morgan fingerprint density at radius 2 is 1.88 bits per heavy atom. The van der Waals surface area contributed by atoms with E-state index in [2.05, 4.69) is 15.0 Å². The number of rotatable bonds is 2. The molecule has 0 spiro atoms. The van der Waals surface area contributed by atoms with Crippen molar-refractivity contribution < 1.29 is 4.79 Å². The number of halogens is 1. The molecule has 0 fully saturated rings. The highest BCUT2D eigenvalue weighted by molar-refractivity contribution is 7.21. The second-order valence-corrected chi connectivity index (χ2v) is 7.12. The third kappa shape index (κ3) is 2.45. The van der Waals surface area contributed by atoms with Crippen LogP contribution >= 0.6 is 22.9 Å². The summed E-state index contributed by atoms with van der Waals surface area (Å²) in [6.45, 7) is 3.78. The molecule has 0 saturated carbocycles. The second kappa shape index (κ2) is 5.75. The minimum atomic E-state index is -0.481. The number of thiophene rings is 1. The molecule has 0 aliphatic carbocycles. The summed E-state index contributed by atoms with van der Waals surface area (Å²) in [5.74, 6) is -0.481. The van der Waals surface area contributed by atoms with Crippen molar-refractivity contribution in [3.63, 3.8) is 0 Å². The molecule has 5 nitrogen and oxygen atoms in total. The van der Waals surface area contributed by atoms with E-state index < -0.39 is 5.91 Å². The largest absolute Gasteiger partial charge is 0.365 e. The Morgan fingerprint density at radius 1 is 1.16 bits per heavy atom. The van der Waals surface area contributed by atoms with Crippen molar-refractivity contribution in [1.82, 2.24) is 15.0 Å². The summed E-state index contributed by atoms with van der Waals surface area (Å²) in [4.78, 5) is 26.4. The minimum Gasteiger partial charge on any atom is -0.365 e. The molecule has 0 atom stereocenters. The Hall–Kier alpha value is -2.57. The lowest BCUT2D eigenvalue weighted by atomic mass is 9.99. The Morgan fingerprint density at radius 3 is 2.60 bits per heavy atom. The molecular formula is C18H13ClN4OS. The number of aryl methyl sites for hydroxylation is 2. The van der Waals surface area contributed by atoms with Crippen molar-refractivity contribution in [3.8, 4) is 11.1 Å². The summed E-state index contributed by atoms with van der Waals surface area (Å²) in [6, 6.07) is 5.70. The van der Waals surface area contributed by atoms with Gasteiger partial charge in [-0.05, 0) is 37.1 Å². The first-order valence-corrected chi connectivity index (χ1v) is 8.77. The van der Waals surface area contributed by atoms with Crippen LogP contribution < -0.4 is 5.73 Å². The van der Waals surface area contributed by atoms with Crippen LogP contribution in [0.3, 0.4) is 0 Å². The van der Waals surface area contributed by atoms with E-state index in [9.17, 15) is 4.79 Å². The van der Waals surface area contributed by atoms with Gasteiger partial charge >= 0.3 is 0 Å². The molecule has 1 amide bonds. The molecule has 0 saturated heterocycles. The van der Waals surface area contributed by atoms with Gasteiger partial charge in [0.2, 0.25) is 0 Å². The molecule has 3 aromatic heterocycles. The van der Waals surface area contributed by atoms with E-state index in [0.717, 1.165) is 43.6 Å². The molecule has 3 heterocycles. The topological polar surface area (TPSA) is 81.8 Å². The standard InChI is InChI=1S/C18H13ClN4OS/c1-8-13-14(10-3-4-11-12(7-10)22-6-5-21-11)16(17(20)24)25-18(13)23-9(2)15(8)19/h3-7H,1-2H3,(H2,20,24). The highest BCUT2D eigenvalue weighted by atomic mass is 35.5. The lowest BCUT2D eigenvalue weighted by molar-refractivity contribution is 0.100. The van der Waals surface area contributed by atoms with Crippen molar-refractivity contribution in [2.24, 2.45) is 5.73 Å². The number of fused-ring (bicyclic) bond motifs is 2. The van der Waals surface area contributed by atoms with Crippen molar-refractivity contribution in [1.29, 1.82) is 0 Å². The number of amides is 1. The Labute approximate surface area is 152 Å². The Balaban J connectivity index is 2.12.